The van der Waals surface area contributed by atoms with Crippen LogP contribution in [0.2, 0.25) is 0 Å². The summed E-state index contributed by atoms with van der Waals surface area (Å²) in [6.45, 7) is -0.282. The van der Waals surface area contributed by atoms with Gasteiger partial charge in [0.15, 0.2) is 0 Å². The third-order valence-corrected chi connectivity index (χ3v) is 6.07. The molecule has 3 aromatic rings. The van der Waals surface area contributed by atoms with Crippen molar-refractivity contribution in [3.8, 4) is 5.75 Å². The van der Waals surface area contributed by atoms with Gasteiger partial charge in [0.05, 0.1) is 29.4 Å². The number of hydrogen-bond acceptors (Lipinski definition) is 3. The minimum atomic E-state index is -4.89. The molecule has 0 N–H and O–H groups in total. The first-order valence-corrected chi connectivity index (χ1v) is 11.4. The Labute approximate surface area is 212 Å². The van der Waals surface area contributed by atoms with Crippen LogP contribution in [0.25, 0.3) is 0 Å². The lowest BCUT2D eigenvalue weighted by molar-refractivity contribution is -0.274. The molecule has 0 aliphatic carbocycles. The average molecular weight is 548 g/mol. The predicted octanol–water partition coefficient (Wildman–Crippen LogP) is 8.12. The molecular weight excluding hydrogens is 527 g/mol. The van der Waals surface area contributed by atoms with Gasteiger partial charge in [-0.15, -0.1) is 13.2 Å². The van der Waals surface area contributed by atoms with E-state index in [4.69, 9.17) is 0 Å². The van der Waals surface area contributed by atoms with Crippen molar-refractivity contribution >= 4 is 11.4 Å². The molecule has 0 bridgehead atoms. The molecule has 0 amide bonds. The molecule has 3 nitrogen and oxygen atoms in total. The lowest BCUT2D eigenvalue weighted by atomic mass is 9.97. The molecule has 0 aromatic heterocycles. The predicted molar refractivity (Wildman–Crippen MR) is 123 cm³/mol. The van der Waals surface area contributed by atoms with Crippen molar-refractivity contribution in [2.75, 3.05) is 22.9 Å². The number of ether oxygens (including phenoxy) is 1. The summed E-state index contributed by atoms with van der Waals surface area (Å²) >= 11 is 0. The summed E-state index contributed by atoms with van der Waals surface area (Å²) in [4.78, 5) is 3.28. The SMILES string of the molecule is FC(F)(F)CCN1c2ccccc2N(Cc2cccc(OC(F)(F)F)c2)C[C@H]1c1ccc(C(F)(F)F)cc1. The van der Waals surface area contributed by atoms with Crippen LogP contribution >= 0.6 is 0 Å². The van der Waals surface area contributed by atoms with E-state index in [1.807, 2.05) is 0 Å². The number of rotatable bonds is 6. The van der Waals surface area contributed by atoms with E-state index in [0.29, 0.717) is 22.5 Å². The fourth-order valence-corrected chi connectivity index (χ4v) is 4.46. The van der Waals surface area contributed by atoms with E-state index in [1.54, 1.807) is 35.2 Å². The van der Waals surface area contributed by atoms with Gasteiger partial charge < -0.3 is 14.5 Å². The van der Waals surface area contributed by atoms with Crippen LogP contribution in [0.3, 0.4) is 0 Å². The maximum Gasteiger partial charge on any atom is 0.573 e. The van der Waals surface area contributed by atoms with Crippen LogP contribution in [-0.4, -0.2) is 25.6 Å². The van der Waals surface area contributed by atoms with Gasteiger partial charge in [-0.25, -0.2) is 0 Å². The van der Waals surface area contributed by atoms with Crippen LogP contribution in [-0.2, 0) is 12.7 Å². The lowest BCUT2D eigenvalue weighted by Gasteiger charge is -2.45. The largest absolute Gasteiger partial charge is 0.573 e. The monoisotopic (exact) mass is 548 g/mol. The molecule has 1 aliphatic rings. The number of para-hydroxylation sites is 2. The molecule has 1 atom stereocenters. The van der Waals surface area contributed by atoms with Gasteiger partial charge in [0.1, 0.15) is 5.75 Å². The number of benzene rings is 3. The van der Waals surface area contributed by atoms with Crippen molar-refractivity contribution in [2.24, 2.45) is 0 Å². The van der Waals surface area contributed by atoms with E-state index < -0.39 is 49.0 Å². The van der Waals surface area contributed by atoms with Gasteiger partial charge >= 0.3 is 18.7 Å². The molecule has 0 radical (unpaired) electrons. The summed E-state index contributed by atoms with van der Waals surface area (Å²) in [7, 11) is 0. The van der Waals surface area contributed by atoms with Gasteiger partial charge in [-0.2, -0.15) is 26.3 Å². The second-order valence-corrected chi connectivity index (χ2v) is 8.76. The maximum atomic E-state index is 13.2. The standard InChI is InChI=1S/C26H21F9N2O/c27-24(28,29)12-13-37-22-7-2-1-6-21(22)36(15-17-4-3-5-20(14-17)38-26(33,34)35)16-23(37)18-8-10-19(11-9-18)25(30,31)32/h1-11,14,23H,12-13,15-16H2/t23-/m0/s1. The molecule has 38 heavy (non-hydrogen) atoms. The molecule has 3 aromatic carbocycles. The molecule has 1 heterocycles. The lowest BCUT2D eigenvalue weighted by Crippen LogP contribution is -2.44. The van der Waals surface area contributed by atoms with E-state index in [2.05, 4.69) is 4.74 Å². The second kappa shape index (κ2) is 10.3. The topological polar surface area (TPSA) is 15.7 Å². The third kappa shape index (κ3) is 6.84. The van der Waals surface area contributed by atoms with Crippen molar-refractivity contribution in [2.45, 2.75) is 37.7 Å². The van der Waals surface area contributed by atoms with Crippen LogP contribution in [0, 0.1) is 0 Å². The summed E-state index contributed by atoms with van der Waals surface area (Å²) < 4.78 is 121. The Balaban J connectivity index is 1.71. The number of halogens is 9. The van der Waals surface area contributed by atoms with E-state index >= 15 is 0 Å². The van der Waals surface area contributed by atoms with E-state index in [9.17, 15) is 39.5 Å². The van der Waals surface area contributed by atoms with E-state index in [0.717, 1.165) is 18.2 Å². The van der Waals surface area contributed by atoms with Crippen molar-refractivity contribution < 1.29 is 44.3 Å². The Morgan fingerprint density at radius 3 is 2.03 bits per heavy atom. The first-order chi connectivity index (χ1) is 17.7. The smallest absolute Gasteiger partial charge is 0.406 e. The fourth-order valence-electron chi connectivity index (χ4n) is 4.46. The summed E-state index contributed by atoms with van der Waals surface area (Å²) in [6.07, 6.45) is -15.1. The number of hydrogen-bond donors (Lipinski definition) is 0. The Morgan fingerprint density at radius 1 is 0.763 bits per heavy atom. The summed E-state index contributed by atoms with van der Waals surface area (Å²) in [6, 6.07) is 15.4. The molecule has 0 saturated heterocycles. The highest BCUT2D eigenvalue weighted by molar-refractivity contribution is 5.74. The molecular formula is C26H21F9N2O. The van der Waals surface area contributed by atoms with Gasteiger partial charge in [-0.05, 0) is 47.5 Å². The molecule has 0 fully saturated rings. The third-order valence-electron chi connectivity index (χ3n) is 6.07. The summed E-state index contributed by atoms with van der Waals surface area (Å²) in [5.41, 5.74) is 0.888. The first-order valence-electron chi connectivity index (χ1n) is 11.4. The minimum Gasteiger partial charge on any atom is -0.406 e. The highest BCUT2D eigenvalue weighted by atomic mass is 19.4. The number of fused-ring (bicyclic) bond motifs is 1. The molecule has 12 heteroatoms. The molecule has 1 aliphatic heterocycles. The summed E-state index contributed by atoms with van der Waals surface area (Å²) in [5, 5.41) is 0. The highest BCUT2D eigenvalue weighted by Gasteiger charge is 2.36. The van der Waals surface area contributed by atoms with Crippen LogP contribution in [0.4, 0.5) is 50.9 Å². The van der Waals surface area contributed by atoms with Crippen LogP contribution in [0.5, 0.6) is 5.75 Å². The van der Waals surface area contributed by atoms with Gasteiger partial charge in [0, 0.05) is 19.6 Å². The minimum absolute atomic E-state index is 0.0740. The second-order valence-electron chi connectivity index (χ2n) is 8.76. The van der Waals surface area contributed by atoms with Gasteiger partial charge in [0.25, 0.3) is 0 Å². The normalized spacial score (nSPS) is 16.4. The van der Waals surface area contributed by atoms with Crippen LogP contribution < -0.4 is 14.5 Å². The van der Waals surface area contributed by atoms with Gasteiger partial charge in [-0.3, -0.25) is 0 Å². The van der Waals surface area contributed by atoms with Crippen molar-refractivity contribution in [1.29, 1.82) is 0 Å². The molecule has 204 valence electrons. The maximum absolute atomic E-state index is 13.2. The number of nitrogens with zero attached hydrogens (tertiary/aromatic N) is 2. The molecule has 0 spiro atoms. The Morgan fingerprint density at radius 2 is 1.42 bits per heavy atom. The Bertz CT molecular complexity index is 1240. The van der Waals surface area contributed by atoms with Gasteiger partial charge in [0.2, 0.25) is 0 Å². The Hall–Kier alpha value is -3.57. The van der Waals surface area contributed by atoms with E-state index in [1.165, 1.54) is 29.2 Å². The average Bonchev–Trinajstić information content (AvgIpc) is 2.81. The van der Waals surface area contributed by atoms with Crippen LogP contribution in [0.1, 0.15) is 29.2 Å². The molecule has 0 saturated carbocycles. The van der Waals surface area contributed by atoms with Crippen molar-refractivity contribution in [3.63, 3.8) is 0 Å². The quantitative estimate of drug-likeness (QED) is 0.290. The number of anilines is 2. The Kier molecular flexibility index (Phi) is 7.44. The fraction of sp³-hybridized carbons (Fsp3) is 0.308. The zero-order valence-corrected chi connectivity index (χ0v) is 19.5. The summed E-state index contributed by atoms with van der Waals surface area (Å²) in [5.74, 6) is -0.425. The molecule has 0 unspecified atom stereocenters. The van der Waals surface area contributed by atoms with Gasteiger partial charge in [-0.1, -0.05) is 36.4 Å². The van der Waals surface area contributed by atoms with Crippen molar-refractivity contribution in [3.05, 3.63) is 89.5 Å². The number of alkyl halides is 9. The first kappa shape index (κ1) is 27.5. The highest BCUT2D eigenvalue weighted by Crippen LogP contribution is 2.43. The zero-order chi connectivity index (χ0) is 27.7. The zero-order valence-electron chi connectivity index (χ0n) is 19.5. The van der Waals surface area contributed by atoms with Crippen molar-refractivity contribution in [1.82, 2.24) is 0 Å². The molecule has 4 rings (SSSR count). The van der Waals surface area contributed by atoms with E-state index in [-0.39, 0.29) is 13.1 Å². The van der Waals surface area contributed by atoms with Crippen LogP contribution in [0.15, 0.2) is 72.8 Å².